The monoisotopic (exact) mass is 327 g/mol. The largest absolute Gasteiger partial charge is 0.485 e. The van der Waals surface area contributed by atoms with Gasteiger partial charge in [0.2, 0.25) is 11.7 Å². The van der Waals surface area contributed by atoms with Gasteiger partial charge >= 0.3 is 0 Å². The molecule has 2 aromatic heterocycles. The molecule has 0 bridgehead atoms. The average molecular weight is 327 g/mol. The molecule has 1 amide bonds. The number of nitrogens with zero attached hydrogens (tertiary/aromatic N) is 3. The molecule has 0 saturated heterocycles. The summed E-state index contributed by atoms with van der Waals surface area (Å²) in [6.07, 6.45) is 4.08. The predicted molar refractivity (Wildman–Crippen MR) is 84.4 cm³/mol. The van der Waals surface area contributed by atoms with Crippen LogP contribution in [-0.4, -0.2) is 32.6 Å². The zero-order valence-corrected chi connectivity index (χ0v) is 13.2. The topological polar surface area (TPSA) is 106 Å². The van der Waals surface area contributed by atoms with Crippen molar-refractivity contribution in [3.05, 3.63) is 59.8 Å². The summed E-state index contributed by atoms with van der Waals surface area (Å²) in [6.45, 7) is 2.39. The number of hydrogen-bond acceptors (Lipinski definition) is 6. The fourth-order valence-corrected chi connectivity index (χ4v) is 2.11. The van der Waals surface area contributed by atoms with Gasteiger partial charge in [0.05, 0.1) is 0 Å². The van der Waals surface area contributed by atoms with E-state index in [0.29, 0.717) is 36.0 Å². The van der Waals surface area contributed by atoms with Crippen LogP contribution in [0.4, 0.5) is 0 Å². The number of aryl methyl sites for hydroxylation is 1. The van der Waals surface area contributed by atoms with Gasteiger partial charge in [-0.15, -0.1) is 0 Å². The lowest BCUT2D eigenvalue weighted by Gasteiger charge is -2.07. The van der Waals surface area contributed by atoms with Crippen LogP contribution >= 0.6 is 0 Å². The molecule has 0 aliphatic heterocycles. The number of hydrogen-bond donors (Lipinski definition) is 2. The van der Waals surface area contributed by atoms with Crippen LogP contribution in [0.15, 0.2) is 41.2 Å². The van der Waals surface area contributed by atoms with Gasteiger partial charge < -0.3 is 19.6 Å². The maximum absolute atomic E-state index is 12.2. The summed E-state index contributed by atoms with van der Waals surface area (Å²) in [5, 5.41) is 6.60. The van der Waals surface area contributed by atoms with Crippen LogP contribution in [0.2, 0.25) is 0 Å². The highest BCUT2D eigenvalue weighted by Crippen LogP contribution is 2.14. The summed E-state index contributed by atoms with van der Waals surface area (Å²) in [5.74, 6) is 2.18. The Hall–Kier alpha value is -3.16. The Morgan fingerprint density at radius 2 is 2.33 bits per heavy atom. The lowest BCUT2D eigenvalue weighted by atomic mass is 10.2. The molecule has 1 aromatic carbocycles. The van der Waals surface area contributed by atoms with E-state index in [-0.39, 0.29) is 12.5 Å². The van der Waals surface area contributed by atoms with Crippen molar-refractivity contribution in [2.24, 2.45) is 0 Å². The zero-order valence-electron chi connectivity index (χ0n) is 13.2. The molecule has 3 rings (SSSR count). The van der Waals surface area contributed by atoms with Crippen molar-refractivity contribution in [1.29, 1.82) is 0 Å². The molecule has 8 heteroatoms. The van der Waals surface area contributed by atoms with Gasteiger partial charge in [-0.2, -0.15) is 4.98 Å². The van der Waals surface area contributed by atoms with E-state index in [1.807, 2.05) is 0 Å². The van der Waals surface area contributed by atoms with Gasteiger partial charge in [0.15, 0.2) is 6.61 Å². The second-order valence-corrected chi connectivity index (χ2v) is 5.09. The summed E-state index contributed by atoms with van der Waals surface area (Å²) in [5.41, 5.74) is 0.524. The standard InChI is InChI=1S/C16H17N5O3/c1-11-20-15(21-24-11)10-23-13-4-2-3-12(9-13)16(22)19-6-5-14-17-7-8-18-14/h2-4,7-9H,5-6,10H2,1H3,(H,17,18)(H,19,22). The molecule has 0 aliphatic carbocycles. The molecule has 0 spiro atoms. The predicted octanol–water partition coefficient (Wildman–Crippen LogP) is 1.65. The van der Waals surface area contributed by atoms with Crippen molar-refractivity contribution < 1.29 is 14.1 Å². The fraction of sp³-hybridized carbons (Fsp3) is 0.250. The normalized spacial score (nSPS) is 10.5. The average Bonchev–Trinajstić information content (AvgIpc) is 3.25. The Bertz CT molecular complexity index is 798. The second-order valence-electron chi connectivity index (χ2n) is 5.09. The third kappa shape index (κ3) is 4.19. The first-order chi connectivity index (χ1) is 11.7. The summed E-state index contributed by atoms with van der Waals surface area (Å²) in [4.78, 5) is 23.3. The Morgan fingerprint density at radius 1 is 1.42 bits per heavy atom. The molecule has 0 radical (unpaired) electrons. The highest BCUT2D eigenvalue weighted by atomic mass is 16.5. The van der Waals surface area contributed by atoms with Gasteiger partial charge in [0.25, 0.3) is 5.91 Å². The summed E-state index contributed by atoms with van der Waals surface area (Å²) in [7, 11) is 0. The van der Waals surface area contributed by atoms with Crippen LogP contribution in [-0.2, 0) is 13.0 Å². The van der Waals surface area contributed by atoms with Gasteiger partial charge in [0.1, 0.15) is 11.6 Å². The molecule has 8 nitrogen and oxygen atoms in total. The number of aromatic amines is 1. The van der Waals surface area contributed by atoms with Crippen molar-refractivity contribution in [3.63, 3.8) is 0 Å². The summed E-state index contributed by atoms with van der Waals surface area (Å²) < 4.78 is 10.5. The molecule has 2 heterocycles. The fourth-order valence-electron chi connectivity index (χ4n) is 2.11. The van der Waals surface area contributed by atoms with Crippen molar-refractivity contribution in [2.45, 2.75) is 20.0 Å². The Labute approximate surface area is 138 Å². The van der Waals surface area contributed by atoms with Crippen LogP contribution in [0.5, 0.6) is 5.75 Å². The van der Waals surface area contributed by atoms with Gasteiger partial charge in [-0.3, -0.25) is 4.79 Å². The number of imidazole rings is 1. The third-order valence-corrected chi connectivity index (χ3v) is 3.24. The highest BCUT2D eigenvalue weighted by Gasteiger charge is 2.08. The van der Waals surface area contributed by atoms with Crippen LogP contribution in [0.25, 0.3) is 0 Å². The van der Waals surface area contributed by atoms with Crippen LogP contribution in [0.3, 0.4) is 0 Å². The van der Waals surface area contributed by atoms with E-state index in [9.17, 15) is 4.79 Å². The molecule has 3 aromatic rings. The van der Waals surface area contributed by atoms with Crippen LogP contribution in [0, 0.1) is 6.92 Å². The molecule has 0 aliphatic rings. The summed E-state index contributed by atoms with van der Waals surface area (Å²) >= 11 is 0. The Kier molecular flexibility index (Phi) is 4.85. The van der Waals surface area contributed by atoms with Gasteiger partial charge in [0, 0.05) is 37.8 Å². The molecule has 0 atom stereocenters. The van der Waals surface area contributed by atoms with E-state index in [1.165, 1.54) is 0 Å². The maximum Gasteiger partial charge on any atom is 0.251 e. The zero-order chi connectivity index (χ0) is 16.8. The maximum atomic E-state index is 12.2. The lowest BCUT2D eigenvalue weighted by molar-refractivity contribution is 0.0953. The smallest absolute Gasteiger partial charge is 0.251 e. The highest BCUT2D eigenvalue weighted by molar-refractivity contribution is 5.94. The van der Waals surface area contributed by atoms with Crippen molar-refractivity contribution in [2.75, 3.05) is 6.54 Å². The molecule has 124 valence electrons. The summed E-state index contributed by atoms with van der Waals surface area (Å²) in [6, 6.07) is 6.94. The minimum Gasteiger partial charge on any atom is -0.485 e. The van der Waals surface area contributed by atoms with E-state index >= 15 is 0 Å². The Balaban J connectivity index is 1.52. The quantitative estimate of drug-likeness (QED) is 0.683. The van der Waals surface area contributed by atoms with E-state index in [2.05, 4.69) is 25.4 Å². The number of nitrogens with one attached hydrogen (secondary N) is 2. The van der Waals surface area contributed by atoms with E-state index in [4.69, 9.17) is 9.26 Å². The van der Waals surface area contributed by atoms with Gasteiger partial charge in [-0.25, -0.2) is 4.98 Å². The van der Waals surface area contributed by atoms with Gasteiger partial charge in [-0.05, 0) is 18.2 Å². The number of H-pyrrole nitrogens is 1. The number of aromatic nitrogens is 4. The van der Waals surface area contributed by atoms with E-state index in [1.54, 1.807) is 43.6 Å². The first kappa shape index (κ1) is 15.7. The molecule has 0 unspecified atom stereocenters. The molecule has 24 heavy (non-hydrogen) atoms. The van der Waals surface area contributed by atoms with E-state index in [0.717, 1.165) is 5.82 Å². The molecular formula is C16H17N5O3. The first-order valence-corrected chi connectivity index (χ1v) is 7.49. The van der Waals surface area contributed by atoms with Crippen LogP contribution < -0.4 is 10.1 Å². The van der Waals surface area contributed by atoms with Crippen molar-refractivity contribution in [3.8, 4) is 5.75 Å². The number of carbonyl (C=O) groups excluding carboxylic acids is 1. The van der Waals surface area contributed by atoms with Crippen molar-refractivity contribution >= 4 is 5.91 Å². The second kappa shape index (κ2) is 7.40. The molecular weight excluding hydrogens is 310 g/mol. The number of ether oxygens (including phenoxy) is 1. The minimum atomic E-state index is -0.164. The molecule has 2 N–H and O–H groups in total. The molecule has 0 fully saturated rings. The number of rotatable bonds is 7. The van der Waals surface area contributed by atoms with Gasteiger partial charge in [-0.1, -0.05) is 11.2 Å². The number of amides is 1. The number of benzene rings is 1. The number of carbonyl (C=O) groups is 1. The first-order valence-electron chi connectivity index (χ1n) is 7.49. The molecule has 0 saturated carbocycles. The third-order valence-electron chi connectivity index (χ3n) is 3.24. The van der Waals surface area contributed by atoms with E-state index < -0.39 is 0 Å². The van der Waals surface area contributed by atoms with Crippen molar-refractivity contribution in [1.82, 2.24) is 25.4 Å². The minimum absolute atomic E-state index is 0.164. The SMILES string of the molecule is Cc1nc(COc2cccc(C(=O)NCCc3ncc[nH]3)c2)no1. The van der Waals surface area contributed by atoms with Crippen LogP contribution in [0.1, 0.15) is 27.9 Å². The lowest BCUT2D eigenvalue weighted by Crippen LogP contribution is -2.25. The Morgan fingerprint density at radius 3 is 3.08 bits per heavy atom.